The van der Waals surface area contributed by atoms with Crippen LogP contribution in [0.2, 0.25) is 0 Å². The van der Waals surface area contributed by atoms with Gasteiger partial charge < -0.3 is 14.3 Å². The molecule has 88 valence electrons. The fourth-order valence-corrected chi connectivity index (χ4v) is 2.17. The lowest BCUT2D eigenvalue weighted by Crippen LogP contribution is -2.06. The Morgan fingerprint density at radius 2 is 2.12 bits per heavy atom. The van der Waals surface area contributed by atoms with Gasteiger partial charge in [0.1, 0.15) is 0 Å². The molecule has 1 heterocycles. The number of benzene rings is 1. The fourth-order valence-electron chi connectivity index (χ4n) is 1.66. The van der Waals surface area contributed by atoms with Crippen LogP contribution in [-0.2, 0) is 11.3 Å². The molecule has 0 spiro atoms. The van der Waals surface area contributed by atoms with Crippen LogP contribution in [0.4, 0.5) is 0 Å². The van der Waals surface area contributed by atoms with E-state index in [1.165, 1.54) is 0 Å². The van der Waals surface area contributed by atoms with E-state index in [0.717, 1.165) is 28.0 Å². The minimum absolute atomic E-state index is 0.457. The Bertz CT molecular complexity index is 370. The van der Waals surface area contributed by atoms with Crippen LogP contribution in [0.3, 0.4) is 0 Å². The molecule has 0 saturated heterocycles. The van der Waals surface area contributed by atoms with Crippen molar-refractivity contribution in [1.82, 2.24) is 0 Å². The van der Waals surface area contributed by atoms with Crippen molar-refractivity contribution in [3.63, 3.8) is 0 Å². The summed E-state index contributed by atoms with van der Waals surface area (Å²) in [7, 11) is 0. The van der Waals surface area contributed by atoms with Crippen molar-refractivity contribution in [2.45, 2.75) is 12.8 Å². The molecule has 0 bridgehead atoms. The van der Waals surface area contributed by atoms with E-state index in [9.17, 15) is 0 Å². The van der Waals surface area contributed by atoms with Crippen molar-refractivity contribution < 1.29 is 14.3 Å². The van der Waals surface area contributed by atoms with Crippen molar-refractivity contribution in [2.75, 3.05) is 19.8 Å². The average Bonchev–Trinajstić information content (AvgIpc) is 2.53. The third-order valence-corrected chi connectivity index (χ3v) is 3.17. The Hall–Kier alpha value is -0.780. The van der Waals surface area contributed by atoms with E-state index in [4.69, 9.17) is 15.4 Å². The van der Waals surface area contributed by atoms with E-state index in [2.05, 4.69) is 20.8 Å². The molecule has 2 rings (SSSR count). The molecule has 0 aliphatic carbocycles. The Morgan fingerprint density at radius 1 is 1.31 bits per heavy atom. The first-order chi connectivity index (χ1) is 7.83. The maximum atomic E-state index is 5.71. The molecule has 16 heavy (non-hydrogen) atoms. The molecule has 0 aromatic heterocycles. The monoisotopic (exact) mass is 287 g/mol. The van der Waals surface area contributed by atoms with Gasteiger partial charge in [-0.2, -0.15) is 0 Å². The van der Waals surface area contributed by atoms with E-state index >= 15 is 0 Å². The largest absolute Gasteiger partial charge is 0.490 e. The predicted molar refractivity (Wildman–Crippen MR) is 63.6 cm³/mol. The van der Waals surface area contributed by atoms with Crippen LogP contribution in [-0.4, -0.2) is 19.8 Å². The highest BCUT2D eigenvalue weighted by Gasteiger charge is 2.17. The molecule has 0 fully saturated rings. The smallest absolute Gasteiger partial charge is 0.165 e. The third kappa shape index (κ3) is 2.48. The molecule has 4 nitrogen and oxygen atoms in total. The second kappa shape index (κ2) is 5.52. The first-order valence-corrected chi connectivity index (χ1v) is 6.01. The molecular weight excluding hydrogens is 274 g/mol. The molecule has 0 amide bonds. The van der Waals surface area contributed by atoms with Crippen LogP contribution in [0.15, 0.2) is 16.6 Å². The summed E-state index contributed by atoms with van der Waals surface area (Å²) >= 11 is 3.50. The topological polar surface area (TPSA) is 53.7 Å². The zero-order chi connectivity index (χ0) is 11.4. The number of nitrogens with two attached hydrogens (primary N) is 1. The Morgan fingerprint density at radius 3 is 2.94 bits per heavy atom. The summed E-state index contributed by atoms with van der Waals surface area (Å²) in [6.07, 6.45) is 1.60. The van der Waals surface area contributed by atoms with Gasteiger partial charge in [0.2, 0.25) is 0 Å². The number of halogens is 1. The first kappa shape index (κ1) is 11.7. The van der Waals surface area contributed by atoms with Gasteiger partial charge in [-0.1, -0.05) is 15.9 Å². The number of fused-ring (bicyclic) bond motifs is 1. The Labute approximate surface area is 103 Å². The van der Waals surface area contributed by atoms with Gasteiger partial charge >= 0.3 is 0 Å². The Balaban J connectivity index is 2.32. The molecule has 0 radical (unpaired) electrons. The van der Waals surface area contributed by atoms with Gasteiger partial charge in [0.25, 0.3) is 0 Å². The van der Waals surface area contributed by atoms with Crippen LogP contribution in [0, 0.1) is 0 Å². The minimum Gasteiger partial charge on any atom is -0.490 e. The van der Waals surface area contributed by atoms with Crippen molar-refractivity contribution >= 4 is 15.9 Å². The summed E-state index contributed by atoms with van der Waals surface area (Å²) in [4.78, 5) is 4.61. The summed E-state index contributed by atoms with van der Waals surface area (Å²) in [6.45, 7) is 1.83. The summed E-state index contributed by atoms with van der Waals surface area (Å²) in [5.41, 5.74) is 1.05. The summed E-state index contributed by atoms with van der Waals surface area (Å²) in [6, 6.07) is 3.87. The van der Waals surface area contributed by atoms with Gasteiger partial charge in [0.15, 0.2) is 11.5 Å². The maximum absolute atomic E-state index is 5.71. The number of ether oxygens (including phenoxy) is 2. The van der Waals surface area contributed by atoms with Crippen molar-refractivity contribution in [3.8, 4) is 11.5 Å². The zero-order valence-corrected chi connectivity index (χ0v) is 10.5. The second-order valence-electron chi connectivity index (χ2n) is 3.52. The maximum Gasteiger partial charge on any atom is 0.165 e. The summed E-state index contributed by atoms with van der Waals surface area (Å²) in [5.74, 6) is 6.65. The summed E-state index contributed by atoms with van der Waals surface area (Å²) in [5, 5.41) is 0. The average molecular weight is 288 g/mol. The number of hydrogen-bond donors (Lipinski definition) is 1. The molecule has 0 unspecified atom stereocenters. The third-order valence-electron chi connectivity index (χ3n) is 2.43. The van der Waals surface area contributed by atoms with Gasteiger partial charge in [-0.05, 0) is 12.1 Å². The van der Waals surface area contributed by atoms with Crippen LogP contribution in [0.25, 0.3) is 0 Å². The molecule has 0 atom stereocenters. The first-order valence-electron chi connectivity index (χ1n) is 5.21. The zero-order valence-electron chi connectivity index (χ0n) is 8.87. The van der Waals surface area contributed by atoms with Crippen LogP contribution >= 0.6 is 15.9 Å². The van der Waals surface area contributed by atoms with Gasteiger partial charge in [0.05, 0.1) is 19.8 Å². The van der Waals surface area contributed by atoms with E-state index < -0.39 is 0 Å². The minimum atomic E-state index is 0.457. The molecular formula is C11H14BrNO3. The van der Waals surface area contributed by atoms with Crippen molar-refractivity contribution in [2.24, 2.45) is 5.90 Å². The lowest BCUT2D eigenvalue weighted by Gasteiger charge is -2.13. The molecule has 5 heteroatoms. The molecule has 0 saturated carbocycles. The molecule has 1 aromatic carbocycles. The second-order valence-corrected chi connectivity index (χ2v) is 4.38. The Kier molecular flexibility index (Phi) is 4.04. The normalized spacial score (nSPS) is 14.6. The lowest BCUT2D eigenvalue weighted by atomic mass is 10.1. The number of hydrogen-bond acceptors (Lipinski definition) is 4. The fraction of sp³-hybridized carbons (Fsp3) is 0.455. The van der Waals surface area contributed by atoms with Crippen LogP contribution in [0.1, 0.15) is 12.0 Å². The van der Waals surface area contributed by atoms with E-state index in [-0.39, 0.29) is 0 Å². The van der Waals surface area contributed by atoms with Gasteiger partial charge in [-0.15, -0.1) is 0 Å². The van der Waals surface area contributed by atoms with Crippen LogP contribution in [0.5, 0.6) is 11.5 Å². The van der Waals surface area contributed by atoms with E-state index in [1.54, 1.807) is 0 Å². The van der Waals surface area contributed by atoms with Gasteiger partial charge in [0, 0.05) is 22.9 Å². The lowest BCUT2D eigenvalue weighted by molar-refractivity contribution is 0.140. The van der Waals surface area contributed by atoms with Gasteiger partial charge in [-0.3, -0.25) is 0 Å². The highest BCUT2D eigenvalue weighted by Crippen LogP contribution is 2.37. The van der Waals surface area contributed by atoms with Crippen molar-refractivity contribution in [1.29, 1.82) is 0 Å². The van der Waals surface area contributed by atoms with Gasteiger partial charge in [-0.25, -0.2) is 5.90 Å². The SMILES string of the molecule is NOCCc1c(Br)ccc2c1OCCCO2. The van der Waals surface area contributed by atoms with Crippen LogP contribution < -0.4 is 15.4 Å². The van der Waals surface area contributed by atoms with Crippen molar-refractivity contribution in [3.05, 3.63) is 22.2 Å². The summed E-state index contributed by atoms with van der Waals surface area (Å²) < 4.78 is 12.3. The molecule has 1 aliphatic rings. The molecule has 1 aliphatic heterocycles. The molecule has 1 aromatic rings. The van der Waals surface area contributed by atoms with E-state index in [0.29, 0.717) is 26.2 Å². The predicted octanol–water partition coefficient (Wildman–Crippen LogP) is 2.04. The van der Waals surface area contributed by atoms with E-state index in [1.807, 2.05) is 12.1 Å². The number of rotatable bonds is 3. The molecule has 2 N–H and O–H groups in total. The highest BCUT2D eigenvalue weighted by atomic mass is 79.9. The highest BCUT2D eigenvalue weighted by molar-refractivity contribution is 9.10. The quantitative estimate of drug-likeness (QED) is 0.865. The standard InChI is InChI=1S/C11H14BrNO3/c12-9-2-3-10-11(8(9)4-7-16-13)15-6-1-5-14-10/h2-3H,1,4-7,13H2.